The van der Waals surface area contributed by atoms with Gasteiger partial charge in [0.25, 0.3) is 0 Å². The minimum Gasteiger partial charge on any atom is -0.380 e. The molecule has 1 aromatic heterocycles. The van der Waals surface area contributed by atoms with Gasteiger partial charge in [0.1, 0.15) is 0 Å². The third-order valence-electron chi connectivity index (χ3n) is 2.73. The van der Waals surface area contributed by atoms with Crippen LogP contribution in [0.5, 0.6) is 0 Å². The number of ether oxygens (including phenoxy) is 1. The predicted molar refractivity (Wildman–Crippen MR) is 87.2 cm³/mol. The van der Waals surface area contributed by atoms with Gasteiger partial charge in [0, 0.05) is 33.8 Å². The van der Waals surface area contributed by atoms with Crippen LogP contribution in [-0.2, 0) is 4.74 Å². The summed E-state index contributed by atoms with van der Waals surface area (Å²) in [7, 11) is 3.83. The summed E-state index contributed by atoms with van der Waals surface area (Å²) in [5.74, 6) is 1.81. The van der Waals surface area contributed by atoms with Crippen molar-refractivity contribution in [1.82, 2.24) is 15.0 Å². The maximum atomic E-state index is 5.51. The van der Waals surface area contributed by atoms with Crippen LogP contribution >= 0.6 is 0 Å². The third-order valence-corrected chi connectivity index (χ3v) is 2.73. The highest BCUT2D eigenvalue weighted by molar-refractivity contribution is 5.42. The normalized spacial score (nSPS) is 10.5. The molecule has 0 atom stereocenters. The van der Waals surface area contributed by atoms with Gasteiger partial charge in [-0.3, -0.25) is 0 Å². The van der Waals surface area contributed by atoms with Gasteiger partial charge in [0.15, 0.2) is 0 Å². The second-order valence-corrected chi connectivity index (χ2v) is 5.00. The van der Waals surface area contributed by atoms with E-state index in [-0.39, 0.29) is 0 Å². The monoisotopic (exact) mass is 296 g/mol. The Hall–Kier alpha value is -1.63. The highest BCUT2D eigenvalue weighted by Crippen LogP contribution is 2.11. The number of anilines is 3. The molecular formula is C14H28N6O. The van der Waals surface area contributed by atoms with Gasteiger partial charge in [0.05, 0.1) is 6.61 Å². The Bertz CT molecular complexity index is 399. The lowest BCUT2D eigenvalue weighted by Gasteiger charge is -2.14. The van der Waals surface area contributed by atoms with Crippen LogP contribution in [0.25, 0.3) is 0 Å². The summed E-state index contributed by atoms with van der Waals surface area (Å²) in [6.07, 6.45) is 3.28. The SMILES string of the molecule is CCCCOCCNc1nc(NCCC)nc(N(C)C)n1. The largest absolute Gasteiger partial charge is 0.380 e. The van der Waals surface area contributed by atoms with Crippen LogP contribution < -0.4 is 15.5 Å². The summed E-state index contributed by atoms with van der Waals surface area (Å²) in [5, 5.41) is 6.37. The number of nitrogens with one attached hydrogen (secondary N) is 2. The van der Waals surface area contributed by atoms with Crippen molar-refractivity contribution in [2.45, 2.75) is 33.1 Å². The minimum atomic E-state index is 0.575. The van der Waals surface area contributed by atoms with E-state index in [0.29, 0.717) is 31.0 Å². The molecule has 2 N–H and O–H groups in total. The number of unbranched alkanes of at least 4 members (excludes halogenated alkanes) is 1. The van der Waals surface area contributed by atoms with Crippen molar-refractivity contribution in [2.24, 2.45) is 0 Å². The molecule has 120 valence electrons. The zero-order valence-electron chi connectivity index (χ0n) is 13.6. The molecule has 0 aromatic carbocycles. The highest BCUT2D eigenvalue weighted by Gasteiger charge is 2.07. The molecule has 1 aromatic rings. The Kier molecular flexibility index (Phi) is 8.42. The van der Waals surface area contributed by atoms with Crippen molar-refractivity contribution in [3.8, 4) is 0 Å². The first kappa shape index (κ1) is 17.4. The molecule has 0 unspecified atom stereocenters. The molecule has 7 heteroatoms. The minimum absolute atomic E-state index is 0.575. The Balaban J connectivity index is 2.52. The lowest BCUT2D eigenvalue weighted by Crippen LogP contribution is -2.18. The summed E-state index contributed by atoms with van der Waals surface area (Å²) in [5.41, 5.74) is 0. The average Bonchev–Trinajstić information content (AvgIpc) is 2.48. The van der Waals surface area contributed by atoms with E-state index in [9.17, 15) is 0 Å². The van der Waals surface area contributed by atoms with Crippen molar-refractivity contribution in [1.29, 1.82) is 0 Å². The Morgan fingerprint density at radius 3 is 2.14 bits per heavy atom. The maximum absolute atomic E-state index is 5.51. The topological polar surface area (TPSA) is 75.2 Å². The molecule has 0 saturated carbocycles. The van der Waals surface area contributed by atoms with Gasteiger partial charge in [-0.15, -0.1) is 0 Å². The molecule has 0 aliphatic heterocycles. The first-order valence-corrected chi connectivity index (χ1v) is 7.66. The standard InChI is InChI=1S/C14H28N6O/c1-5-7-10-21-11-9-16-13-17-12(15-8-6-2)18-14(19-13)20(3)4/h5-11H2,1-4H3,(H2,15,16,17,18,19). The van der Waals surface area contributed by atoms with E-state index in [1.807, 2.05) is 19.0 Å². The molecule has 0 spiro atoms. The van der Waals surface area contributed by atoms with Gasteiger partial charge in [-0.2, -0.15) is 15.0 Å². The molecule has 7 nitrogen and oxygen atoms in total. The van der Waals surface area contributed by atoms with E-state index in [1.165, 1.54) is 0 Å². The lowest BCUT2D eigenvalue weighted by molar-refractivity contribution is 0.141. The fourth-order valence-corrected chi connectivity index (χ4v) is 1.54. The van der Waals surface area contributed by atoms with Crippen LogP contribution in [0.1, 0.15) is 33.1 Å². The molecule has 0 amide bonds. The van der Waals surface area contributed by atoms with Crippen molar-refractivity contribution in [3.05, 3.63) is 0 Å². The molecular weight excluding hydrogens is 268 g/mol. The number of aromatic nitrogens is 3. The smallest absolute Gasteiger partial charge is 0.231 e. The fourth-order valence-electron chi connectivity index (χ4n) is 1.54. The van der Waals surface area contributed by atoms with E-state index in [4.69, 9.17) is 4.74 Å². The van der Waals surface area contributed by atoms with Crippen molar-refractivity contribution < 1.29 is 4.74 Å². The predicted octanol–water partition coefficient (Wildman–Crippen LogP) is 1.99. The van der Waals surface area contributed by atoms with Crippen LogP contribution in [0, 0.1) is 0 Å². The quantitative estimate of drug-likeness (QED) is 0.605. The second kappa shape index (κ2) is 10.1. The van der Waals surface area contributed by atoms with Crippen molar-refractivity contribution in [2.75, 3.05) is 55.9 Å². The second-order valence-electron chi connectivity index (χ2n) is 5.00. The van der Waals surface area contributed by atoms with Crippen LogP contribution in [0.2, 0.25) is 0 Å². The molecule has 1 heterocycles. The molecule has 0 fully saturated rings. The summed E-state index contributed by atoms with van der Waals surface area (Å²) in [6.45, 7) is 7.25. The molecule has 21 heavy (non-hydrogen) atoms. The fraction of sp³-hybridized carbons (Fsp3) is 0.786. The van der Waals surface area contributed by atoms with E-state index < -0.39 is 0 Å². The number of rotatable bonds is 11. The van der Waals surface area contributed by atoms with Crippen LogP contribution in [0.3, 0.4) is 0 Å². The summed E-state index contributed by atoms with van der Waals surface area (Å²) >= 11 is 0. The zero-order chi connectivity index (χ0) is 15.5. The molecule has 0 radical (unpaired) electrons. The number of hydrogen-bond acceptors (Lipinski definition) is 7. The van der Waals surface area contributed by atoms with E-state index in [1.54, 1.807) is 0 Å². The molecule has 0 aliphatic rings. The van der Waals surface area contributed by atoms with Gasteiger partial charge >= 0.3 is 0 Å². The van der Waals surface area contributed by atoms with E-state index in [2.05, 4.69) is 39.4 Å². The first-order chi connectivity index (χ1) is 10.2. The van der Waals surface area contributed by atoms with Crippen molar-refractivity contribution >= 4 is 17.8 Å². The number of nitrogens with zero attached hydrogens (tertiary/aromatic N) is 4. The summed E-state index contributed by atoms with van der Waals surface area (Å²) in [6, 6.07) is 0. The lowest BCUT2D eigenvalue weighted by atomic mass is 10.4. The van der Waals surface area contributed by atoms with Crippen LogP contribution in [-0.4, -0.2) is 55.4 Å². The number of hydrogen-bond donors (Lipinski definition) is 2. The van der Waals surface area contributed by atoms with Gasteiger partial charge in [-0.1, -0.05) is 20.3 Å². The molecule has 0 aliphatic carbocycles. The maximum Gasteiger partial charge on any atom is 0.231 e. The van der Waals surface area contributed by atoms with Gasteiger partial charge < -0.3 is 20.3 Å². The zero-order valence-corrected chi connectivity index (χ0v) is 13.6. The van der Waals surface area contributed by atoms with Crippen molar-refractivity contribution in [3.63, 3.8) is 0 Å². The molecule has 0 saturated heterocycles. The average molecular weight is 296 g/mol. The Labute approximate surface area is 127 Å². The summed E-state index contributed by atoms with van der Waals surface area (Å²) in [4.78, 5) is 15.0. The van der Waals surface area contributed by atoms with Gasteiger partial charge in [0.2, 0.25) is 17.8 Å². The Morgan fingerprint density at radius 1 is 0.905 bits per heavy atom. The summed E-state index contributed by atoms with van der Waals surface area (Å²) < 4.78 is 5.51. The van der Waals surface area contributed by atoms with Crippen LogP contribution in [0.15, 0.2) is 0 Å². The van der Waals surface area contributed by atoms with E-state index in [0.717, 1.165) is 32.4 Å². The van der Waals surface area contributed by atoms with Gasteiger partial charge in [-0.05, 0) is 12.8 Å². The highest BCUT2D eigenvalue weighted by atomic mass is 16.5. The first-order valence-electron chi connectivity index (χ1n) is 7.66. The van der Waals surface area contributed by atoms with E-state index >= 15 is 0 Å². The van der Waals surface area contributed by atoms with Gasteiger partial charge in [-0.25, -0.2) is 0 Å². The molecule has 0 bridgehead atoms. The third kappa shape index (κ3) is 7.08. The molecule has 1 rings (SSSR count). The van der Waals surface area contributed by atoms with Crippen LogP contribution in [0.4, 0.5) is 17.8 Å². The Morgan fingerprint density at radius 2 is 1.57 bits per heavy atom.